The van der Waals surface area contributed by atoms with Crippen LogP contribution < -0.4 is 50.8 Å². The first-order chi connectivity index (χ1) is 18.0. The van der Waals surface area contributed by atoms with Crippen molar-refractivity contribution in [3.8, 4) is 0 Å². The zero-order chi connectivity index (χ0) is 27.6. The largest absolute Gasteiger partial charge is 1.00 e. The van der Waals surface area contributed by atoms with Gasteiger partial charge in [-0.05, 0) is 37.0 Å². The number of carbonyl (C=O) groups is 4. The van der Waals surface area contributed by atoms with E-state index in [1.807, 2.05) is 0 Å². The van der Waals surface area contributed by atoms with Crippen molar-refractivity contribution < 1.29 is 66.4 Å². The molecule has 200 valence electrons. The van der Waals surface area contributed by atoms with Crippen molar-refractivity contribution in [1.29, 1.82) is 0 Å². The minimum absolute atomic E-state index is 0. The number of hydrogen-bond donors (Lipinski definition) is 2. The topological polar surface area (TPSA) is 171 Å². The van der Waals surface area contributed by atoms with Crippen molar-refractivity contribution in [2.45, 2.75) is 45.3 Å². The van der Waals surface area contributed by atoms with Crippen LogP contribution in [0.3, 0.4) is 0 Å². The molecule has 0 radical (unpaired) electrons. The van der Waals surface area contributed by atoms with E-state index in [0.29, 0.717) is 45.9 Å². The Morgan fingerprint density at radius 1 is 1.08 bits per heavy atom. The first-order valence-electron chi connectivity index (χ1n) is 12.0. The van der Waals surface area contributed by atoms with Gasteiger partial charge in [-0.3, -0.25) is 19.2 Å². The molecule has 2 aromatic rings. The second-order valence-electron chi connectivity index (χ2n) is 9.13. The Morgan fingerprint density at radius 2 is 1.77 bits per heavy atom. The summed E-state index contributed by atoms with van der Waals surface area (Å²) in [5.41, 5.74) is 2.02. The third kappa shape index (κ3) is 7.00. The number of amides is 2. The zero-order valence-corrected chi connectivity index (χ0v) is 24.6. The number of ketones is 1. The molecular weight excluding hydrogens is 537 g/mol. The summed E-state index contributed by atoms with van der Waals surface area (Å²) < 4.78 is 38.1. The number of nitrogens with one attached hydrogen (secondary N) is 2. The second kappa shape index (κ2) is 12.5. The predicted molar refractivity (Wildman–Crippen MR) is 135 cm³/mol. The summed E-state index contributed by atoms with van der Waals surface area (Å²) >= 11 is 0. The molecule has 4 rings (SSSR count). The molecule has 0 bridgehead atoms. The van der Waals surface area contributed by atoms with Gasteiger partial charge in [-0.2, -0.15) is 0 Å². The van der Waals surface area contributed by atoms with E-state index in [1.54, 1.807) is 36.4 Å². The Balaban J connectivity index is 0.00000420. The molecule has 2 N–H and O–H groups in total. The fourth-order valence-corrected chi connectivity index (χ4v) is 5.36. The second-order valence-corrected chi connectivity index (χ2v) is 10.7. The van der Waals surface area contributed by atoms with Crippen molar-refractivity contribution in [2.24, 2.45) is 4.99 Å². The molecule has 13 heteroatoms. The summed E-state index contributed by atoms with van der Waals surface area (Å²) in [6.45, 7) is 2.84. The van der Waals surface area contributed by atoms with Gasteiger partial charge >= 0.3 is 35.5 Å². The summed E-state index contributed by atoms with van der Waals surface area (Å²) in [7, 11) is -4.36. The van der Waals surface area contributed by atoms with Gasteiger partial charge in [0, 0.05) is 54.2 Å². The monoisotopic (exact) mass is 563 g/mol. The molecular formula is C26H26N3NaO8S. The van der Waals surface area contributed by atoms with Crippen LogP contribution in [0.5, 0.6) is 0 Å². The van der Waals surface area contributed by atoms with E-state index in [4.69, 9.17) is 4.74 Å². The minimum Gasteiger partial charge on any atom is -0.748 e. The van der Waals surface area contributed by atoms with Crippen molar-refractivity contribution >= 4 is 44.9 Å². The molecule has 2 amide bonds. The van der Waals surface area contributed by atoms with Gasteiger partial charge in [0.15, 0.2) is 5.78 Å². The van der Waals surface area contributed by atoms with Crippen molar-refractivity contribution in [1.82, 2.24) is 5.32 Å². The Labute approximate surface area is 247 Å². The molecule has 1 aliphatic carbocycles. The molecule has 2 aliphatic rings. The Kier molecular flexibility index (Phi) is 9.83. The van der Waals surface area contributed by atoms with Crippen LogP contribution in [0.15, 0.2) is 41.4 Å². The van der Waals surface area contributed by atoms with E-state index >= 15 is 0 Å². The first kappa shape index (κ1) is 30.6. The normalized spacial score (nSPS) is 16.2. The van der Waals surface area contributed by atoms with E-state index < -0.39 is 39.9 Å². The van der Waals surface area contributed by atoms with E-state index in [0.717, 1.165) is 0 Å². The van der Waals surface area contributed by atoms with Gasteiger partial charge < -0.3 is 19.9 Å². The van der Waals surface area contributed by atoms with Gasteiger partial charge in [-0.25, -0.2) is 13.4 Å². The number of esters is 1. The fourth-order valence-electron chi connectivity index (χ4n) is 4.84. The van der Waals surface area contributed by atoms with Gasteiger partial charge in [-0.15, -0.1) is 0 Å². The molecule has 1 heterocycles. The average Bonchev–Trinajstić information content (AvgIpc) is 2.82. The number of ether oxygens (including phenoxy) is 1. The fraction of sp³-hybridized carbons (Fsp3) is 0.346. The molecule has 2 aromatic carbocycles. The number of hydrogen-bond acceptors (Lipinski definition) is 9. The van der Waals surface area contributed by atoms with Gasteiger partial charge in [0.25, 0.3) is 5.91 Å². The number of fused-ring (bicyclic) bond motifs is 2. The molecule has 39 heavy (non-hydrogen) atoms. The molecule has 0 spiro atoms. The molecule has 1 aliphatic heterocycles. The van der Waals surface area contributed by atoms with Gasteiger partial charge in [-0.1, -0.05) is 24.3 Å². The van der Waals surface area contributed by atoms with Gasteiger partial charge in [0.2, 0.25) is 12.0 Å². The Hall–Kier alpha value is -2.90. The quantitative estimate of drug-likeness (QED) is 0.176. The smallest absolute Gasteiger partial charge is 0.748 e. The Bertz CT molecular complexity index is 1570. The van der Waals surface area contributed by atoms with Gasteiger partial charge in [0.1, 0.15) is 0 Å². The van der Waals surface area contributed by atoms with Crippen LogP contribution in [0.2, 0.25) is 0 Å². The summed E-state index contributed by atoms with van der Waals surface area (Å²) in [5, 5.41) is 6.68. The van der Waals surface area contributed by atoms with E-state index in [-0.39, 0.29) is 59.7 Å². The Morgan fingerprint density at radius 3 is 2.41 bits per heavy atom. The maximum absolute atomic E-state index is 13.6. The van der Waals surface area contributed by atoms with Crippen LogP contribution >= 0.6 is 0 Å². The van der Waals surface area contributed by atoms with Crippen LogP contribution in [-0.2, 0) is 29.2 Å². The zero-order valence-electron chi connectivity index (χ0n) is 21.8. The van der Waals surface area contributed by atoms with Crippen molar-refractivity contribution in [3.63, 3.8) is 0 Å². The van der Waals surface area contributed by atoms with E-state index in [1.165, 1.54) is 13.8 Å². The summed E-state index contributed by atoms with van der Waals surface area (Å²) in [6.07, 6.45) is -0.518. The van der Waals surface area contributed by atoms with E-state index in [9.17, 15) is 32.1 Å². The van der Waals surface area contributed by atoms with Crippen LogP contribution in [0.1, 0.15) is 54.6 Å². The minimum atomic E-state index is -4.36. The molecule has 0 saturated carbocycles. The standard InChI is InChI=1S/C26H27N3O8S.Na/c1-14(30)28-16(6-5-13-38(34,35)36)11-12-27-19-9-10-20-22-21(25(26(33)29-20)37-15(2)31)17-7-3-4-8-18(17)24(32)23(19)22;/h3-4,7-10,16,25,27H,5-6,11-13H2,1-2H3,(H,28,30)(H,34,35,36);/q;+1/p-1. The number of carbonyl (C=O) groups excluding carboxylic acids is 4. The SMILES string of the molecule is CC(=O)NC(CCCS(=O)(=O)[O-])CCNc1ccc2c3c1C(=O)c1ccccc1C=3C(OC(C)=O)C(=O)N=2.[Na+]. The number of rotatable bonds is 10. The third-order valence-electron chi connectivity index (χ3n) is 6.31. The molecule has 2 atom stereocenters. The maximum atomic E-state index is 13.6. The molecule has 0 saturated heterocycles. The van der Waals surface area contributed by atoms with Crippen LogP contribution in [0.25, 0.3) is 5.57 Å². The van der Waals surface area contributed by atoms with Crippen LogP contribution in [0, 0.1) is 0 Å². The number of nitrogens with zero attached hydrogens (tertiary/aromatic N) is 1. The van der Waals surface area contributed by atoms with Gasteiger partial charge in [0.05, 0.1) is 21.0 Å². The van der Waals surface area contributed by atoms with Crippen molar-refractivity contribution in [2.75, 3.05) is 17.6 Å². The molecule has 0 fully saturated rings. The average molecular weight is 564 g/mol. The van der Waals surface area contributed by atoms with E-state index in [2.05, 4.69) is 15.6 Å². The maximum Gasteiger partial charge on any atom is 1.00 e. The number of benzene rings is 2. The van der Waals surface area contributed by atoms with Crippen molar-refractivity contribution in [3.05, 3.63) is 63.7 Å². The summed E-state index contributed by atoms with van der Waals surface area (Å²) in [5.74, 6) is -2.40. The summed E-state index contributed by atoms with van der Waals surface area (Å²) in [4.78, 5) is 53.9. The number of anilines is 1. The molecule has 11 nitrogen and oxygen atoms in total. The third-order valence-corrected chi connectivity index (χ3v) is 7.09. The first-order valence-corrected chi connectivity index (χ1v) is 13.6. The molecule has 2 unspecified atom stereocenters. The summed E-state index contributed by atoms with van der Waals surface area (Å²) in [6, 6.07) is 9.62. The van der Waals surface area contributed by atoms with Crippen LogP contribution in [0.4, 0.5) is 5.69 Å². The van der Waals surface area contributed by atoms with Crippen LogP contribution in [-0.4, -0.2) is 61.0 Å². The molecule has 0 aromatic heterocycles. The predicted octanol–water partition coefficient (Wildman–Crippen LogP) is -2.84.